The van der Waals surface area contributed by atoms with Gasteiger partial charge < -0.3 is 30.3 Å². The number of aliphatic hydroxyl groups is 1. The topological polar surface area (TPSA) is 251 Å². The lowest BCUT2D eigenvalue weighted by atomic mass is 9.76. The van der Waals surface area contributed by atoms with Gasteiger partial charge in [0.15, 0.2) is 0 Å². The van der Waals surface area contributed by atoms with Crippen LogP contribution in [0.15, 0.2) is 111 Å². The number of carbonyl (C=O) groups is 2. The first kappa shape index (κ1) is 50.2. The first-order chi connectivity index (χ1) is 31.4. The fourth-order valence-corrected chi connectivity index (χ4v) is 9.02. The number of phenols is 1. The standard InChI is InChI=1S/C49H56N4O12S2/c1-8-47(4,5)32-16-23-41(40(28-32)48(6,7)9-2)64-25-13-12-24-50-46(57)39-29-42(37-14-10-11-15-38(37)44(39)55)65-34-19-17-33(18-20-34)52-53-49(51-30(3)54)43(67(61,62)63)27-31-26-35(66(58,59)60)21-22-36(31)45(49)56/h10-11,14-23,26-29,45,55-56H,8-9,12-13,24-25H2,1-7H3,(H,50,57)(H,51,54)(H,58,59,60)(H,61,62,63). The number of nitrogens with zero attached hydrogens (tertiary/aromatic N) is 2. The molecule has 2 amide bonds. The Bertz CT molecular complexity index is 2990. The lowest BCUT2D eigenvalue weighted by Gasteiger charge is -2.38. The minimum atomic E-state index is -5.26. The average Bonchev–Trinajstić information content (AvgIpc) is 3.28. The molecule has 5 aromatic carbocycles. The van der Waals surface area contributed by atoms with Gasteiger partial charge >= 0.3 is 0 Å². The van der Waals surface area contributed by atoms with Crippen LogP contribution in [0.25, 0.3) is 16.8 Å². The van der Waals surface area contributed by atoms with Gasteiger partial charge in [0, 0.05) is 29.8 Å². The predicted octanol–water partition coefficient (Wildman–Crippen LogP) is 9.44. The molecule has 0 saturated carbocycles. The zero-order valence-corrected chi connectivity index (χ0v) is 40.0. The summed E-state index contributed by atoms with van der Waals surface area (Å²) in [5.41, 5.74) is -0.449. The maximum atomic E-state index is 13.5. The van der Waals surface area contributed by atoms with Crippen LogP contribution in [-0.2, 0) is 35.9 Å². The minimum absolute atomic E-state index is 0.00955. The maximum absolute atomic E-state index is 13.5. The van der Waals surface area contributed by atoms with E-state index in [9.17, 15) is 45.7 Å². The Morgan fingerprint density at radius 3 is 2.10 bits per heavy atom. The highest BCUT2D eigenvalue weighted by Crippen LogP contribution is 2.45. The number of unbranched alkanes of at least 4 members (excludes halogenated alkanes) is 1. The van der Waals surface area contributed by atoms with E-state index < -0.39 is 53.6 Å². The van der Waals surface area contributed by atoms with Crippen LogP contribution in [0, 0.1) is 0 Å². The number of nitrogens with one attached hydrogen (secondary N) is 2. The van der Waals surface area contributed by atoms with E-state index in [1.54, 1.807) is 24.3 Å². The number of phenolic OH excluding ortho intramolecular Hbond substituents is 1. The van der Waals surface area contributed by atoms with Crippen molar-refractivity contribution in [2.75, 3.05) is 13.2 Å². The molecule has 1 aliphatic rings. The van der Waals surface area contributed by atoms with Crippen LogP contribution in [0.2, 0.25) is 0 Å². The molecule has 0 spiro atoms. The Labute approximate surface area is 390 Å². The zero-order valence-electron chi connectivity index (χ0n) is 38.3. The predicted molar refractivity (Wildman–Crippen MR) is 254 cm³/mol. The first-order valence-electron chi connectivity index (χ1n) is 21.7. The van der Waals surface area contributed by atoms with Crippen LogP contribution in [-0.4, -0.2) is 66.8 Å². The van der Waals surface area contributed by atoms with Gasteiger partial charge in [0.2, 0.25) is 11.6 Å². The summed E-state index contributed by atoms with van der Waals surface area (Å²) in [7, 11) is -10.0. The molecular formula is C49H56N4O12S2. The number of benzene rings is 5. The molecule has 0 bridgehead atoms. The fraction of sp³-hybridized carbons (Fsp3) is 0.347. The van der Waals surface area contributed by atoms with Gasteiger partial charge in [-0.3, -0.25) is 18.7 Å². The molecule has 0 heterocycles. The van der Waals surface area contributed by atoms with Crippen molar-refractivity contribution in [3.8, 4) is 23.0 Å². The number of hydrogen-bond donors (Lipinski definition) is 6. The Morgan fingerprint density at radius 1 is 0.806 bits per heavy atom. The van der Waals surface area contributed by atoms with Crippen molar-refractivity contribution in [2.45, 2.75) is 102 Å². The summed E-state index contributed by atoms with van der Waals surface area (Å²) in [5, 5.41) is 37.0. The van der Waals surface area contributed by atoms with Crippen molar-refractivity contribution in [1.29, 1.82) is 0 Å². The molecule has 0 aliphatic heterocycles. The van der Waals surface area contributed by atoms with Crippen molar-refractivity contribution in [3.05, 3.63) is 124 Å². The SMILES string of the molecule is CCC(C)(C)c1ccc(OCCCCNC(=O)c2cc(Oc3ccc(N=NC4(NC(C)=O)C(S(=O)(=O)O)=Cc5cc(S(=O)(=O)O)ccc5C4O)cc3)c3ccccc3c2O)c(C(C)(C)CC)c1. The number of fused-ring (bicyclic) bond motifs is 2. The normalized spacial score (nSPS) is 16.6. The quantitative estimate of drug-likeness (QED) is 0.0273. The zero-order chi connectivity index (χ0) is 49.1. The van der Waals surface area contributed by atoms with Crippen LogP contribution in [0.3, 0.4) is 0 Å². The molecule has 2 unspecified atom stereocenters. The molecule has 18 heteroatoms. The summed E-state index contributed by atoms with van der Waals surface area (Å²) in [4.78, 5) is 24.4. The van der Waals surface area contributed by atoms with E-state index in [0.29, 0.717) is 36.8 Å². The second-order valence-corrected chi connectivity index (χ2v) is 20.5. The van der Waals surface area contributed by atoms with Crippen LogP contribution >= 0.6 is 0 Å². The van der Waals surface area contributed by atoms with Gasteiger partial charge in [-0.1, -0.05) is 84.0 Å². The largest absolute Gasteiger partial charge is 0.506 e. The van der Waals surface area contributed by atoms with E-state index in [-0.39, 0.29) is 50.5 Å². The molecule has 0 saturated heterocycles. The van der Waals surface area contributed by atoms with Crippen molar-refractivity contribution in [1.82, 2.24) is 10.6 Å². The number of azo groups is 1. The fourth-order valence-electron chi connectivity index (χ4n) is 7.63. The van der Waals surface area contributed by atoms with Crippen LogP contribution in [0.5, 0.6) is 23.0 Å². The number of rotatable bonds is 18. The van der Waals surface area contributed by atoms with Gasteiger partial charge in [-0.15, -0.1) is 0 Å². The molecule has 356 valence electrons. The molecule has 6 rings (SSSR count). The summed E-state index contributed by atoms with van der Waals surface area (Å²) < 4.78 is 81.4. The molecular weight excluding hydrogens is 901 g/mol. The number of carbonyl (C=O) groups excluding carboxylic acids is 2. The smallest absolute Gasteiger partial charge is 0.295 e. The lowest BCUT2D eigenvalue weighted by Crippen LogP contribution is -2.54. The Morgan fingerprint density at radius 2 is 1.48 bits per heavy atom. The van der Waals surface area contributed by atoms with Crippen LogP contribution in [0.4, 0.5) is 5.69 Å². The van der Waals surface area contributed by atoms with Crippen LogP contribution < -0.4 is 20.1 Å². The Balaban J connectivity index is 1.17. The van der Waals surface area contributed by atoms with E-state index in [1.165, 1.54) is 41.5 Å². The van der Waals surface area contributed by atoms with Crippen molar-refractivity contribution >= 4 is 54.6 Å². The van der Waals surface area contributed by atoms with Gasteiger partial charge in [-0.2, -0.15) is 27.1 Å². The number of aromatic hydroxyl groups is 1. The monoisotopic (exact) mass is 956 g/mol. The van der Waals surface area contributed by atoms with E-state index in [2.05, 4.69) is 80.6 Å². The number of hydrogen-bond acceptors (Lipinski definition) is 12. The summed E-state index contributed by atoms with van der Waals surface area (Å²) in [6.45, 7) is 15.1. The lowest BCUT2D eigenvalue weighted by molar-refractivity contribution is -0.121. The molecule has 16 nitrogen and oxygen atoms in total. The third-order valence-electron chi connectivity index (χ3n) is 12.3. The van der Waals surface area contributed by atoms with Gasteiger partial charge in [0.1, 0.15) is 34.0 Å². The van der Waals surface area contributed by atoms with Crippen LogP contribution in [0.1, 0.15) is 113 Å². The third kappa shape index (κ3) is 11.0. The van der Waals surface area contributed by atoms with E-state index >= 15 is 0 Å². The highest BCUT2D eigenvalue weighted by molar-refractivity contribution is 7.90. The maximum Gasteiger partial charge on any atom is 0.295 e. The molecule has 0 radical (unpaired) electrons. The molecule has 0 aromatic heterocycles. The first-order valence-corrected chi connectivity index (χ1v) is 24.6. The Kier molecular flexibility index (Phi) is 14.7. The van der Waals surface area contributed by atoms with Crippen molar-refractivity contribution in [2.24, 2.45) is 10.2 Å². The van der Waals surface area contributed by atoms with Gasteiger partial charge in [0.05, 0.1) is 22.8 Å². The second kappa shape index (κ2) is 19.6. The summed E-state index contributed by atoms with van der Waals surface area (Å²) >= 11 is 0. The summed E-state index contributed by atoms with van der Waals surface area (Å²) in [6.07, 6.45) is 2.02. The minimum Gasteiger partial charge on any atom is -0.506 e. The van der Waals surface area contributed by atoms with Crippen molar-refractivity contribution < 1.29 is 55.2 Å². The number of amides is 2. The molecule has 5 aromatic rings. The molecule has 67 heavy (non-hydrogen) atoms. The molecule has 6 N–H and O–H groups in total. The molecule has 1 aliphatic carbocycles. The van der Waals surface area contributed by atoms with E-state index in [4.69, 9.17) is 9.47 Å². The third-order valence-corrected chi connectivity index (χ3v) is 14.2. The van der Waals surface area contributed by atoms with Gasteiger partial charge in [-0.05, 0) is 108 Å². The van der Waals surface area contributed by atoms with Crippen molar-refractivity contribution in [3.63, 3.8) is 0 Å². The molecule has 2 atom stereocenters. The highest BCUT2D eigenvalue weighted by atomic mass is 32.2. The summed E-state index contributed by atoms with van der Waals surface area (Å²) in [5.74, 6) is -0.246. The second-order valence-electron chi connectivity index (χ2n) is 17.7. The highest BCUT2D eigenvalue weighted by Gasteiger charge is 2.52. The molecule has 0 fully saturated rings. The number of aliphatic hydroxyl groups excluding tert-OH is 1. The van der Waals surface area contributed by atoms with E-state index in [0.717, 1.165) is 49.8 Å². The Hall–Kier alpha value is -6.18. The van der Waals surface area contributed by atoms with E-state index in [1.807, 2.05) is 0 Å². The average molecular weight is 957 g/mol. The number of ether oxygens (including phenoxy) is 2. The van der Waals surface area contributed by atoms with Gasteiger partial charge in [-0.25, -0.2) is 0 Å². The summed E-state index contributed by atoms with van der Waals surface area (Å²) in [6, 6.07) is 23.5. The van der Waals surface area contributed by atoms with Gasteiger partial charge in [0.25, 0.3) is 26.1 Å².